The molecule has 1 aromatic heterocycles. The van der Waals surface area contributed by atoms with Crippen LogP contribution in [0.5, 0.6) is 0 Å². The van der Waals surface area contributed by atoms with Gasteiger partial charge in [0, 0.05) is 12.6 Å². The van der Waals surface area contributed by atoms with Crippen molar-refractivity contribution >= 4 is 11.8 Å². The number of carbonyl (C=O) groups excluding carboxylic acids is 1. The number of aromatic nitrogens is 2. The molecule has 0 saturated carbocycles. The molecule has 0 bridgehead atoms. The summed E-state index contributed by atoms with van der Waals surface area (Å²) >= 11 is 0. The van der Waals surface area contributed by atoms with E-state index in [0.717, 1.165) is 12.3 Å². The third kappa shape index (κ3) is 2.79. The molecule has 122 valence electrons. The quantitative estimate of drug-likeness (QED) is 0.730. The fourth-order valence-corrected chi connectivity index (χ4v) is 2.09. The second-order valence-corrected chi connectivity index (χ2v) is 4.69. The predicted octanol–water partition coefficient (Wildman–Crippen LogP) is -0.328. The summed E-state index contributed by atoms with van der Waals surface area (Å²) in [5.41, 5.74) is 4.26. The van der Waals surface area contributed by atoms with Crippen LogP contribution in [0.25, 0.3) is 0 Å². The molecule has 1 aliphatic rings. The molecule has 1 aliphatic heterocycles. The standard InChI is InChI=1S/C12H15F2N3O5/c1-2-8(19)22-9-6(5-18)21-10(12(9,13)14)17-4-3-7(15)16-11(17)20/h3-4,6,9-10,18H,2,5H2,1H3,(H2,15,16,20)/t6-,9-,10-/m1/s1. The molecule has 2 heterocycles. The highest BCUT2D eigenvalue weighted by molar-refractivity contribution is 5.69. The first kappa shape index (κ1) is 16.3. The van der Waals surface area contributed by atoms with E-state index in [9.17, 15) is 18.4 Å². The van der Waals surface area contributed by atoms with Crippen molar-refractivity contribution in [3.63, 3.8) is 0 Å². The number of aliphatic hydroxyl groups excluding tert-OH is 1. The van der Waals surface area contributed by atoms with Gasteiger partial charge in [0.15, 0.2) is 6.10 Å². The zero-order valence-corrected chi connectivity index (χ0v) is 11.6. The van der Waals surface area contributed by atoms with Gasteiger partial charge in [-0.3, -0.25) is 9.36 Å². The summed E-state index contributed by atoms with van der Waals surface area (Å²) in [6, 6.07) is 1.15. The number of aliphatic hydroxyl groups is 1. The molecule has 1 saturated heterocycles. The van der Waals surface area contributed by atoms with Crippen molar-refractivity contribution in [1.29, 1.82) is 0 Å². The monoisotopic (exact) mass is 319 g/mol. The Kier molecular flexibility index (Phi) is 4.42. The summed E-state index contributed by atoms with van der Waals surface area (Å²) in [5, 5.41) is 9.16. The van der Waals surface area contributed by atoms with Crippen molar-refractivity contribution in [2.24, 2.45) is 0 Å². The average molecular weight is 319 g/mol. The highest BCUT2D eigenvalue weighted by Gasteiger charge is 2.62. The van der Waals surface area contributed by atoms with Crippen LogP contribution >= 0.6 is 0 Å². The molecular weight excluding hydrogens is 304 g/mol. The van der Waals surface area contributed by atoms with Gasteiger partial charge in [0.05, 0.1) is 6.61 Å². The predicted molar refractivity (Wildman–Crippen MR) is 69.0 cm³/mol. The number of carbonyl (C=O) groups is 1. The fraction of sp³-hybridized carbons (Fsp3) is 0.583. The van der Waals surface area contributed by atoms with Crippen molar-refractivity contribution in [2.45, 2.75) is 37.7 Å². The summed E-state index contributed by atoms with van der Waals surface area (Å²) in [4.78, 5) is 26.3. The number of halogens is 2. The smallest absolute Gasteiger partial charge is 0.351 e. The lowest BCUT2D eigenvalue weighted by atomic mass is 10.1. The first-order valence-corrected chi connectivity index (χ1v) is 6.49. The Morgan fingerprint density at radius 2 is 2.32 bits per heavy atom. The van der Waals surface area contributed by atoms with Gasteiger partial charge in [-0.05, 0) is 6.07 Å². The molecule has 0 radical (unpaired) electrons. The van der Waals surface area contributed by atoms with Crippen molar-refractivity contribution in [1.82, 2.24) is 9.55 Å². The number of hydrogen-bond acceptors (Lipinski definition) is 7. The molecule has 1 fully saturated rings. The van der Waals surface area contributed by atoms with Gasteiger partial charge in [0.1, 0.15) is 11.9 Å². The summed E-state index contributed by atoms with van der Waals surface area (Å²) in [6.07, 6.45) is -4.63. The molecule has 3 atom stereocenters. The number of alkyl halides is 2. The van der Waals surface area contributed by atoms with E-state index in [1.807, 2.05) is 0 Å². The number of nitrogens with zero attached hydrogens (tertiary/aromatic N) is 2. The third-order valence-electron chi connectivity index (χ3n) is 3.18. The van der Waals surface area contributed by atoms with Crippen molar-refractivity contribution in [3.05, 3.63) is 22.7 Å². The largest absolute Gasteiger partial charge is 0.453 e. The van der Waals surface area contributed by atoms with E-state index in [-0.39, 0.29) is 12.2 Å². The summed E-state index contributed by atoms with van der Waals surface area (Å²) in [5.74, 6) is -4.72. The lowest BCUT2D eigenvalue weighted by Gasteiger charge is -2.23. The van der Waals surface area contributed by atoms with E-state index in [0.29, 0.717) is 4.57 Å². The summed E-state index contributed by atoms with van der Waals surface area (Å²) in [7, 11) is 0. The van der Waals surface area contributed by atoms with E-state index >= 15 is 0 Å². The fourth-order valence-electron chi connectivity index (χ4n) is 2.09. The maximum Gasteiger partial charge on any atom is 0.351 e. The van der Waals surface area contributed by atoms with Gasteiger partial charge in [-0.2, -0.15) is 13.8 Å². The molecule has 2 rings (SSSR count). The van der Waals surface area contributed by atoms with E-state index < -0.39 is 42.6 Å². The van der Waals surface area contributed by atoms with Gasteiger partial charge < -0.3 is 20.3 Å². The molecule has 3 N–H and O–H groups in total. The average Bonchev–Trinajstić information content (AvgIpc) is 2.70. The molecule has 0 aromatic carbocycles. The van der Waals surface area contributed by atoms with Crippen molar-refractivity contribution in [3.8, 4) is 0 Å². The highest BCUT2D eigenvalue weighted by Crippen LogP contribution is 2.43. The number of nitrogens with two attached hydrogens (primary N) is 1. The van der Waals surface area contributed by atoms with Crippen LogP contribution in [0.15, 0.2) is 17.1 Å². The molecule has 0 aliphatic carbocycles. The minimum absolute atomic E-state index is 0.112. The van der Waals surface area contributed by atoms with Gasteiger partial charge in [-0.15, -0.1) is 0 Å². The van der Waals surface area contributed by atoms with Crippen LogP contribution in [-0.2, 0) is 14.3 Å². The molecule has 0 spiro atoms. The van der Waals surface area contributed by atoms with E-state index in [1.165, 1.54) is 6.92 Å². The van der Waals surface area contributed by atoms with Crippen LogP contribution in [0.1, 0.15) is 19.6 Å². The number of anilines is 1. The Bertz CT molecular complexity index is 621. The zero-order valence-electron chi connectivity index (χ0n) is 11.6. The van der Waals surface area contributed by atoms with Crippen molar-refractivity contribution < 1.29 is 28.2 Å². The van der Waals surface area contributed by atoms with Gasteiger partial charge in [-0.25, -0.2) is 4.79 Å². The van der Waals surface area contributed by atoms with Crippen LogP contribution in [-0.4, -0.2) is 45.4 Å². The zero-order chi connectivity index (χ0) is 16.5. The topological polar surface area (TPSA) is 117 Å². The molecule has 0 amide bonds. The lowest BCUT2D eigenvalue weighted by molar-refractivity contribution is -0.176. The Morgan fingerprint density at radius 3 is 2.86 bits per heavy atom. The number of ether oxygens (including phenoxy) is 2. The van der Waals surface area contributed by atoms with Gasteiger partial charge in [-0.1, -0.05) is 6.92 Å². The van der Waals surface area contributed by atoms with Gasteiger partial charge in [0.2, 0.25) is 6.23 Å². The Labute approximate surface area is 123 Å². The first-order valence-electron chi connectivity index (χ1n) is 6.49. The number of esters is 1. The van der Waals surface area contributed by atoms with Crippen LogP contribution in [0.3, 0.4) is 0 Å². The molecule has 1 aromatic rings. The van der Waals surface area contributed by atoms with Crippen molar-refractivity contribution in [2.75, 3.05) is 12.3 Å². The Balaban J connectivity index is 2.37. The third-order valence-corrected chi connectivity index (χ3v) is 3.18. The number of nitrogen functional groups attached to an aromatic ring is 1. The maximum absolute atomic E-state index is 14.4. The Hall–Kier alpha value is -2.07. The molecular formula is C12H15F2N3O5. The molecule has 8 nitrogen and oxygen atoms in total. The SMILES string of the molecule is CCC(=O)O[C@@H]1[C@@H](CO)O[C@@H](n2ccc(N)nc2=O)C1(F)F. The number of hydrogen-bond donors (Lipinski definition) is 2. The normalized spacial score (nSPS) is 26.8. The van der Waals surface area contributed by atoms with Crippen LogP contribution in [0.2, 0.25) is 0 Å². The first-order chi connectivity index (χ1) is 10.3. The lowest BCUT2D eigenvalue weighted by Crippen LogP contribution is -2.44. The maximum atomic E-state index is 14.4. The van der Waals surface area contributed by atoms with Crippen LogP contribution in [0.4, 0.5) is 14.6 Å². The Morgan fingerprint density at radius 1 is 1.64 bits per heavy atom. The highest BCUT2D eigenvalue weighted by atomic mass is 19.3. The summed E-state index contributed by atoms with van der Waals surface area (Å²) in [6.45, 7) is 0.640. The molecule has 0 unspecified atom stereocenters. The second-order valence-electron chi connectivity index (χ2n) is 4.69. The van der Waals surface area contributed by atoms with E-state index in [4.69, 9.17) is 15.6 Å². The van der Waals surface area contributed by atoms with Crippen LogP contribution in [0, 0.1) is 0 Å². The van der Waals surface area contributed by atoms with E-state index in [1.54, 1.807) is 0 Å². The van der Waals surface area contributed by atoms with Gasteiger partial charge in [0.25, 0.3) is 0 Å². The van der Waals surface area contributed by atoms with Crippen LogP contribution < -0.4 is 11.4 Å². The minimum atomic E-state index is -3.72. The van der Waals surface area contributed by atoms with E-state index in [2.05, 4.69) is 9.72 Å². The number of rotatable bonds is 4. The minimum Gasteiger partial charge on any atom is -0.453 e. The molecule has 10 heteroatoms. The van der Waals surface area contributed by atoms with Gasteiger partial charge >= 0.3 is 17.6 Å². The summed E-state index contributed by atoms with van der Waals surface area (Å²) < 4.78 is 39.1. The molecule has 22 heavy (non-hydrogen) atoms. The second kappa shape index (κ2) is 5.97.